The molecule has 0 saturated carbocycles. The average Bonchev–Trinajstić information content (AvgIpc) is 3.13. The van der Waals surface area contributed by atoms with Crippen LogP contribution in [0.2, 0.25) is 0 Å². The van der Waals surface area contributed by atoms with Crippen molar-refractivity contribution in [2.45, 2.75) is 5.03 Å². The van der Waals surface area contributed by atoms with Crippen LogP contribution >= 0.6 is 0 Å². The molecule has 0 amide bonds. The molecule has 9 nitrogen and oxygen atoms in total. The molecule has 0 radical (unpaired) electrons. The Balaban J connectivity index is 1.83. The Bertz CT molecular complexity index is 779. The first-order valence-electron chi connectivity index (χ1n) is 5.47. The Morgan fingerprint density at radius 2 is 2.10 bits per heavy atom. The highest BCUT2D eigenvalue weighted by atomic mass is 32.2. The lowest BCUT2D eigenvalue weighted by atomic mass is 10.4. The van der Waals surface area contributed by atoms with E-state index in [9.17, 15) is 8.42 Å². The highest BCUT2D eigenvalue weighted by molar-refractivity contribution is 7.92. The van der Waals surface area contributed by atoms with Crippen molar-refractivity contribution in [3.63, 3.8) is 0 Å². The second kappa shape index (κ2) is 4.74. The quantitative estimate of drug-likeness (QED) is 0.708. The highest BCUT2D eigenvalue weighted by Crippen LogP contribution is 2.13. The molecule has 3 heterocycles. The first kappa shape index (κ1) is 12.3. The minimum Gasteiger partial charge on any atom is -0.334 e. The Hall–Kier alpha value is -2.75. The molecular formula is C10H9N7O2S. The fraction of sp³-hybridized carbons (Fsp3) is 0. The van der Waals surface area contributed by atoms with Crippen LogP contribution in [0.1, 0.15) is 0 Å². The summed E-state index contributed by atoms with van der Waals surface area (Å²) in [5.41, 5.74) is 0.337. The molecule has 0 bridgehead atoms. The van der Waals surface area contributed by atoms with Crippen LogP contribution in [0.5, 0.6) is 0 Å². The molecule has 0 saturated heterocycles. The first-order valence-corrected chi connectivity index (χ1v) is 6.96. The van der Waals surface area contributed by atoms with E-state index in [0.29, 0.717) is 11.5 Å². The second-order valence-corrected chi connectivity index (χ2v) is 5.42. The molecule has 0 fully saturated rings. The van der Waals surface area contributed by atoms with Crippen LogP contribution in [-0.2, 0) is 10.0 Å². The van der Waals surface area contributed by atoms with Gasteiger partial charge in [0.2, 0.25) is 0 Å². The van der Waals surface area contributed by atoms with E-state index in [2.05, 4.69) is 29.8 Å². The van der Waals surface area contributed by atoms with Crippen LogP contribution in [0.3, 0.4) is 0 Å². The van der Waals surface area contributed by atoms with Crippen LogP contribution in [0.25, 0.3) is 5.82 Å². The number of imidazole rings is 1. The Morgan fingerprint density at radius 1 is 1.20 bits per heavy atom. The molecule has 10 heteroatoms. The topological polar surface area (TPSA) is 118 Å². The molecular weight excluding hydrogens is 282 g/mol. The van der Waals surface area contributed by atoms with Crippen molar-refractivity contribution in [3.8, 4) is 5.82 Å². The Labute approximate surface area is 113 Å². The summed E-state index contributed by atoms with van der Waals surface area (Å²) in [6.45, 7) is 0. The summed E-state index contributed by atoms with van der Waals surface area (Å²) < 4.78 is 27.7. The maximum atomic E-state index is 11.9. The van der Waals surface area contributed by atoms with Gasteiger partial charge < -0.3 is 4.98 Å². The van der Waals surface area contributed by atoms with Crippen LogP contribution in [0.15, 0.2) is 48.5 Å². The van der Waals surface area contributed by atoms with Gasteiger partial charge in [-0.25, -0.2) is 19.6 Å². The lowest BCUT2D eigenvalue weighted by Gasteiger charge is -2.06. The number of hydrogen-bond acceptors (Lipinski definition) is 6. The van der Waals surface area contributed by atoms with Crippen LogP contribution in [-0.4, -0.2) is 38.1 Å². The van der Waals surface area contributed by atoms with Crippen molar-refractivity contribution in [2.75, 3.05) is 4.72 Å². The van der Waals surface area contributed by atoms with Crippen molar-refractivity contribution in [1.82, 2.24) is 29.7 Å². The summed E-state index contributed by atoms with van der Waals surface area (Å²) in [5, 5.41) is 3.91. The number of aromatic nitrogens is 6. The molecule has 102 valence electrons. The molecule has 3 rings (SSSR count). The zero-order chi connectivity index (χ0) is 14.0. The van der Waals surface area contributed by atoms with Gasteiger partial charge in [-0.3, -0.25) is 4.72 Å². The molecule has 0 aromatic carbocycles. The molecule has 0 aliphatic carbocycles. The maximum Gasteiger partial charge on any atom is 0.279 e. The van der Waals surface area contributed by atoms with Crippen molar-refractivity contribution < 1.29 is 8.42 Å². The van der Waals surface area contributed by atoms with Gasteiger partial charge in [0.25, 0.3) is 10.0 Å². The van der Waals surface area contributed by atoms with Gasteiger partial charge in [-0.15, -0.1) is 0 Å². The van der Waals surface area contributed by atoms with E-state index in [-0.39, 0.29) is 5.03 Å². The average molecular weight is 291 g/mol. The number of nitrogens with zero attached hydrogens (tertiary/aromatic N) is 5. The largest absolute Gasteiger partial charge is 0.334 e. The number of H-pyrrole nitrogens is 1. The van der Waals surface area contributed by atoms with Crippen molar-refractivity contribution >= 4 is 15.7 Å². The van der Waals surface area contributed by atoms with E-state index in [0.717, 1.165) is 0 Å². The van der Waals surface area contributed by atoms with Crippen LogP contribution in [0, 0.1) is 0 Å². The lowest BCUT2D eigenvalue weighted by Crippen LogP contribution is -2.13. The zero-order valence-corrected chi connectivity index (χ0v) is 10.8. The smallest absolute Gasteiger partial charge is 0.279 e. The molecule has 0 aliphatic heterocycles. The van der Waals surface area contributed by atoms with E-state index in [1.54, 1.807) is 12.1 Å². The fourth-order valence-corrected chi connectivity index (χ4v) is 2.46. The summed E-state index contributed by atoms with van der Waals surface area (Å²) in [4.78, 5) is 14.1. The highest BCUT2D eigenvalue weighted by Gasteiger charge is 2.15. The Morgan fingerprint density at radius 3 is 2.70 bits per heavy atom. The van der Waals surface area contributed by atoms with E-state index in [1.807, 2.05) is 0 Å². The number of sulfonamides is 1. The predicted molar refractivity (Wildman–Crippen MR) is 68.6 cm³/mol. The van der Waals surface area contributed by atoms with E-state index >= 15 is 0 Å². The molecule has 0 atom stereocenters. The summed E-state index contributed by atoms with van der Waals surface area (Å²) >= 11 is 0. The third-order valence-electron chi connectivity index (χ3n) is 2.42. The first-order chi connectivity index (χ1) is 9.65. The van der Waals surface area contributed by atoms with Crippen molar-refractivity contribution in [2.24, 2.45) is 0 Å². The maximum absolute atomic E-state index is 11.9. The van der Waals surface area contributed by atoms with Crippen LogP contribution in [0.4, 0.5) is 5.69 Å². The second-order valence-electron chi connectivity index (χ2n) is 3.77. The van der Waals surface area contributed by atoms with Gasteiger partial charge in [-0.2, -0.15) is 13.5 Å². The standard InChI is InChI=1S/C10H9N7O2S/c18-20(19,10-4-11-5-14-10)16-8-1-2-9(13-3-8)17-7-12-6-15-17/h1-7,16H,(H,11,14). The van der Waals surface area contributed by atoms with E-state index < -0.39 is 10.0 Å². The Kier molecular flexibility index (Phi) is 2.91. The third kappa shape index (κ3) is 2.36. The predicted octanol–water partition coefficient (Wildman–Crippen LogP) is 0.186. The number of hydrogen-bond donors (Lipinski definition) is 2. The normalized spacial score (nSPS) is 11.4. The summed E-state index contributed by atoms with van der Waals surface area (Å²) in [6.07, 6.45) is 6.79. The van der Waals surface area contributed by atoms with Gasteiger partial charge in [-0.1, -0.05) is 0 Å². The molecule has 20 heavy (non-hydrogen) atoms. The van der Waals surface area contributed by atoms with Gasteiger partial charge in [0.05, 0.1) is 24.4 Å². The molecule has 0 unspecified atom stereocenters. The summed E-state index contributed by atoms with van der Waals surface area (Å²) in [5.74, 6) is 0.534. The molecule has 0 aliphatic rings. The minimum atomic E-state index is -3.68. The molecule has 3 aromatic rings. The number of pyridine rings is 1. The summed E-state index contributed by atoms with van der Waals surface area (Å²) in [6, 6.07) is 3.21. The molecule has 0 spiro atoms. The van der Waals surface area contributed by atoms with Crippen LogP contribution < -0.4 is 4.72 Å². The van der Waals surface area contributed by atoms with Gasteiger partial charge in [-0.05, 0) is 12.1 Å². The van der Waals surface area contributed by atoms with Gasteiger partial charge in [0.1, 0.15) is 12.7 Å². The van der Waals surface area contributed by atoms with Gasteiger partial charge >= 0.3 is 0 Å². The number of anilines is 1. The van der Waals surface area contributed by atoms with Crippen molar-refractivity contribution in [1.29, 1.82) is 0 Å². The fourth-order valence-electron chi connectivity index (χ4n) is 1.51. The van der Waals surface area contributed by atoms with E-state index in [4.69, 9.17) is 0 Å². The SMILES string of the molecule is O=S(=O)(Nc1ccc(-n2cncn2)nc1)c1cnc[nH]1. The van der Waals surface area contributed by atoms with Crippen molar-refractivity contribution in [3.05, 3.63) is 43.5 Å². The third-order valence-corrected chi connectivity index (χ3v) is 3.72. The van der Waals surface area contributed by atoms with Gasteiger partial charge in [0.15, 0.2) is 10.8 Å². The number of aromatic amines is 1. The monoisotopic (exact) mass is 291 g/mol. The minimum absolute atomic E-state index is 0.0159. The lowest BCUT2D eigenvalue weighted by molar-refractivity contribution is 0.598. The summed E-state index contributed by atoms with van der Waals surface area (Å²) in [7, 11) is -3.68. The number of nitrogens with one attached hydrogen (secondary N) is 2. The zero-order valence-electron chi connectivity index (χ0n) is 10.0. The number of rotatable bonds is 4. The molecule has 2 N–H and O–H groups in total. The van der Waals surface area contributed by atoms with Gasteiger partial charge in [0, 0.05) is 0 Å². The molecule has 3 aromatic heterocycles. The van der Waals surface area contributed by atoms with E-state index in [1.165, 1.54) is 36.1 Å².